The third-order valence-corrected chi connectivity index (χ3v) is 7.91. The molecular formula is C32H31F2N7O3. The van der Waals surface area contributed by atoms with Gasteiger partial charge in [0.2, 0.25) is 11.9 Å². The lowest BCUT2D eigenvalue weighted by Gasteiger charge is -2.39. The molecule has 44 heavy (non-hydrogen) atoms. The van der Waals surface area contributed by atoms with Crippen molar-refractivity contribution in [3.8, 4) is 16.9 Å². The smallest absolute Gasteiger partial charge is 0.387 e. The molecule has 10 nitrogen and oxygen atoms in total. The molecule has 1 saturated heterocycles. The molecule has 1 aliphatic rings. The fraction of sp³-hybridized carbons (Fsp3) is 0.281. The number of ether oxygens (including phenoxy) is 1. The standard InChI is InChI=1S/C32H31F2N7O3/c1-21-18-38(13-14-39(21)22(2)42)32-36-16-26(17-37-32)24-7-8-27-28(15-24)40(20-25-5-3-4-6-29(25)44-31(33)34)41(30(27)43)19-23-9-11-35-12-10-23/h3-12,15-17,21,31H,13-14,18-20H2,1-2H3/t21-/m1/s1. The number of anilines is 1. The first-order valence-electron chi connectivity index (χ1n) is 14.3. The number of nitrogens with zero attached hydrogens (tertiary/aromatic N) is 7. The van der Waals surface area contributed by atoms with E-state index in [0.717, 1.165) is 16.7 Å². The lowest BCUT2D eigenvalue weighted by molar-refractivity contribution is -0.131. The molecule has 0 N–H and O–H groups in total. The van der Waals surface area contributed by atoms with Crippen LogP contribution >= 0.6 is 0 Å². The van der Waals surface area contributed by atoms with E-state index >= 15 is 0 Å². The lowest BCUT2D eigenvalue weighted by atomic mass is 10.1. The zero-order chi connectivity index (χ0) is 30.8. The highest BCUT2D eigenvalue weighted by molar-refractivity contribution is 5.84. The summed E-state index contributed by atoms with van der Waals surface area (Å²) in [6.45, 7) is 2.88. The van der Waals surface area contributed by atoms with Crippen molar-refractivity contribution in [3.05, 3.63) is 101 Å². The Kier molecular flexibility index (Phi) is 8.05. The molecule has 0 saturated carbocycles. The molecule has 1 aliphatic heterocycles. The molecule has 2 aromatic carbocycles. The molecule has 1 fully saturated rings. The van der Waals surface area contributed by atoms with Crippen molar-refractivity contribution in [2.75, 3.05) is 24.5 Å². The van der Waals surface area contributed by atoms with Gasteiger partial charge in [0, 0.05) is 68.5 Å². The number of alkyl halides is 2. The van der Waals surface area contributed by atoms with E-state index in [1.54, 1.807) is 65.3 Å². The molecule has 12 heteroatoms. The predicted molar refractivity (Wildman–Crippen MR) is 162 cm³/mol. The molecule has 3 aromatic heterocycles. The Morgan fingerprint density at radius 3 is 2.43 bits per heavy atom. The number of carbonyl (C=O) groups is 1. The summed E-state index contributed by atoms with van der Waals surface area (Å²) in [6, 6.07) is 15.8. The van der Waals surface area contributed by atoms with Gasteiger partial charge in [0.1, 0.15) is 5.75 Å². The van der Waals surface area contributed by atoms with Crippen LogP contribution in [0, 0.1) is 0 Å². The summed E-state index contributed by atoms with van der Waals surface area (Å²) in [6.07, 6.45) is 6.80. The second kappa shape index (κ2) is 12.2. The molecule has 0 spiro atoms. The number of carbonyl (C=O) groups excluding carboxylic acids is 1. The van der Waals surface area contributed by atoms with Gasteiger partial charge in [-0.3, -0.25) is 19.3 Å². The quantitative estimate of drug-likeness (QED) is 0.261. The van der Waals surface area contributed by atoms with E-state index in [1.165, 1.54) is 6.07 Å². The minimum atomic E-state index is -2.98. The van der Waals surface area contributed by atoms with Crippen LogP contribution in [0.1, 0.15) is 25.0 Å². The second-order valence-corrected chi connectivity index (χ2v) is 10.8. The number of halogens is 2. The van der Waals surface area contributed by atoms with Crippen LogP contribution in [0.15, 0.2) is 84.2 Å². The van der Waals surface area contributed by atoms with Crippen molar-refractivity contribution < 1.29 is 18.3 Å². The summed E-state index contributed by atoms with van der Waals surface area (Å²) in [5.74, 6) is 0.689. The minimum Gasteiger partial charge on any atom is -0.434 e. The van der Waals surface area contributed by atoms with Crippen LogP contribution in [-0.2, 0) is 17.9 Å². The number of fused-ring (bicyclic) bond motifs is 1. The predicted octanol–water partition coefficient (Wildman–Crippen LogP) is 4.41. The van der Waals surface area contributed by atoms with Gasteiger partial charge < -0.3 is 14.5 Å². The molecule has 1 amide bonds. The Labute approximate surface area is 252 Å². The molecule has 0 unspecified atom stereocenters. The van der Waals surface area contributed by atoms with Gasteiger partial charge in [-0.2, -0.15) is 8.78 Å². The zero-order valence-corrected chi connectivity index (χ0v) is 24.3. The Morgan fingerprint density at radius 2 is 1.73 bits per heavy atom. The van der Waals surface area contributed by atoms with Crippen LogP contribution in [0.25, 0.3) is 22.0 Å². The van der Waals surface area contributed by atoms with Gasteiger partial charge >= 0.3 is 6.61 Å². The number of amides is 1. The average molecular weight is 600 g/mol. The molecule has 4 heterocycles. The van der Waals surface area contributed by atoms with Gasteiger partial charge in [-0.05, 0) is 48.4 Å². The molecule has 226 valence electrons. The van der Waals surface area contributed by atoms with E-state index in [-0.39, 0.29) is 36.3 Å². The van der Waals surface area contributed by atoms with Crippen LogP contribution in [0.4, 0.5) is 14.7 Å². The van der Waals surface area contributed by atoms with E-state index in [2.05, 4.69) is 19.9 Å². The van der Waals surface area contributed by atoms with Gasteiger partial charge in [0.05, 0.1) is 24.0 Å². The van der Waals surface area contributed by atoms with Gasteiger partial charge in [-0.15, -0.1) is 0 Å². The monoisotopic (exact) mass is 599 g/mol. The zero-order valence-electron chi connectivity index (χ0n) is 24.3. The van der Waals surface area contributed by atoms with Crippen molar-refractivity contribution in [1.29, 1.82) is 0 Å². The molecule has 5 aromatic rings. The van der Waals surface area contributed by atoms with E-state index in [0.29, 0.717) is 42.0 Å². The Balaban J connectivity index is 1.37. The summed E-state index contributed by atoms with van der Waals surface area (Å²) >= 11 is 0. The molecule has 0 bridgehead atoms. The number of pyridine rings is 1. The maximum absolute atomic E-state index is 13.7. The fourth-order valence-corrected chi connectivity index (χ4v) is 5.72. The van der Waals surface area contributed by atoms with Crippen molar-refractivity contribution in [2.45, 2.75) is 39.6 Å². The third kappa shape index (κ3) is 5.87. The van der Waals surface area contributed by atoms with Crippen LogP contribution < -0.4 is 15.2 Å². The number of benzene rings is 2. The third-order valence-electron chi connectivity index (χ3n) is 7.91. The largest absolute Gasteiger partial charge is 0.434 e. The number of aromatic nitrogens is 5. The Morgan fingerprint density at radius 1 is 0.977 bits per heavy atom. The van der Waals surface area contributed by atoms with Crippen LogP contribution in [-0.4, -0.2) is 67.4 Å². The summed E-state index contributed by atoms with van der Waals surface area (Å²) in [4.78, 5) is 42.8. The van der Waals surface area contributed by atoms with E-state index in [4.69, 9.17) is 4.74 Å². The van der Waals surface area contributed by atoms with Crippen LogP contribution in [0.2, 0.25) is 0 Å². The van der Waals surface area contributed by atoms with Crippen molar-refractivity contribution >= 4 is 22.8 Å². The summed E-state index contributed by atoms with van der Waals surface area (Å²) in [5.41, 5.74) is 3.35. The second-order valence-electron chi connectivity index (χ2n) is 10.8. The fourth-order valence-electron chi connectivity index (χ4n) is 5.72. The first-order valence-corrected chi connectivity index (χ1v) is 14.3. The van der Waals surface area contributed by atoms with Crippen LogP contribution in [0.3, 0.4) is 0 Å². The van der Waals surface area contributed by atoms with Gasteiger partial charge in [0.25, 0.3) is 5.56 Å². The van der Waals surface area contributed by atoms with E-state index < -0.39 is 6.61 Å². The van der Waals surface area contributed by atoms with E-state index in [9.17, 15) is 18.4 Å². The first kappa shape index (κ1) is 29.0. The van der Waals surface area contributed by atoms with Crippen molar-refractivity contribution in [2.24, 2.45) is 0 Å². The number of para-hydroxylation sites is 1. The first-order chi connectivity index (χ1) is 21.3. The number of rotatable bonds is 8. The van der Waals surface area contributed by atoms with Gasteiger partial charge in [-0.25, -0.2) is 14.6 Å². The summed E-state index contributed by atoms with van der Waals surface area (Å²) in [7, 11) is 0. The van der Waals surface area contributed by atoms with Gasteiger partial charge in [0.15, 0.2) is 0 Å². The molecule has 0 aliphatic carbocycles. The molecule has 0 radical (unpaired) electrons. The molecular weight excluding hydrogens is 568 g/mol. The van der Waals surface area contributed by atoms with Gasteiger partial charge in [-0.1, -0.05) is 24.3 Å². The summed E-state index contributed by atoms with van der Waals surface area (Å²) in [5, 5.41) is 0.491. The Hall–Kier alpha value is -5.13. The highest BCUT2D eigenvalue weighted by atomic mass is 19.3. The maximum atomic E-state index is 13.7. The van der Waals surface area contributed by atoms with Crippen molar-refractivity contribution in [1.82, 2.24) is 29.2 Å². The average Bonchev–Trinajstić information content (AvgIpc) is 3.27. The molecule has 6 rings (SSSR count). The number of piperazine rings is 1. The highest BCUT2D eigenvalue weighted by Gasteiger charge is 2.26. The topological polar surface area (TPSA) is 98.4 Å². The summed E-state index contributed by atoms with van der Waals surface area (Å²) < 4.78 is 34.6. The minimum absolute atomic E-state index is 0.0471. The number of hydrogen-bond donors (Lipinski definition) is 0. The van der Waals surface area contributed by atoms with Crippen LogP contribution in [0.5, 0.6) is 5.75 Å². The SMILES string of the molecule is CC(=O)N1CCN(c2ncc(-c3ccc4c(=O)n(Cc5ccncc5)n(Cc5ccccc5OC(F)F)c4c3)cn2)C[C@H]1C. The Bertz CT molecular complexity index is 1840. The van der Waals surface area contributed by atoms with Crippen molar-refractivity contribution in [3.63, 3.8) is 0 Å². The number of hydrogen-bond acceptors (Lipinski definition) is 7. The highest BCUT2D eigenvalue weighted by Crippen LogP contribution is 2.27. The normalized spacial score (nSPS) is 15.2. The maximum Gasteiger partial charge on any atom is 0.387 e. The lowest BCUT2D eigenvalue weighted by Crippen LogP contribution is -2.53. The van der Waals surface area contributed by atoms with E-state index in [1.807, 2.05) is 36.1 Å². The molecule has 1 atom stereocenters.